The van der Waals surface area contributed by atoms with Crippen LogP contribution in [0.1, 0.15) is 68.1 Å². The summed E-state index contributed by atoms with van der Waals surface area (Å²) in [6.07, 6.45) is 7.55. The largest absolute Gasteiger partial charge is 0.276 e. The Balaban J connectivity index is 1.64. The van der Waals surface area contributed by atoms with Gasteiger partial charge >= 0.3 is 0 Å². The van der Waals surface area contributed by atoms with Gasteiger partial charge < -0.3 is 0 Å². The van der Waals surface area contributed by atoms with Crippen LogP contribution in [0.3, 0.4) is 0 Å². The highest BCUT2D eigenvalue weighted by atomic mass is 36.2. The summed E-state index contributed by atoms with van der Waals surface area (Å²) in [5.41, 5.74) is 0.0622. The van der Waals surface area contributed by atoms with Gasteiger partial charge in [-0.1, -0.05) is 50.7 Å². The Hall–Kier alpha value is -0.470. The third-order valence-electron chi connectivity index (χ3n) is 4.56. The van der Waals surface area contributed by atoms with Crippen molar-refractivity contribution in [1.29, 1.82) is 0 Å². The van der Waals surface area contributed by atoms with Crippen molar-refractivity contribution in [3.63, 3.8) is 0 Å². The highest BCUT2D eigenvalue weighted by molar-refractivity contribution is 8.79. The highest BCUT2D eigenvalue weighted by Crippen LogP contribution is 2.63. The van der Waals surface area contributed by atoms with Gasteiger partial charge in [0.05, 0.1) is 5.56 Å². The van der Waals surface area contributed by atoms with Gasteiger partial charge in [-0.3, -0.25) is 9.59 Å². The van der Waals surface area contributed by atoms with Crippen molar-refractivity contribution >= 4 is 61.6 Å². The number of carbonyl (C=O) groups is 2. The number of halogens is 3. The molecule has 0 aliphatic carbocycles. The maximum atomic E-state index is 12.4. The fraction of sp³-hybridized carbons (Fsp3) is 0.556. The summed E-state index contributed by atoms with van der Waals surface area (Å²) in [4.78, 5) is 24.5. The topological polar surface area (TPSA) is 71.5 Å². The summed E-state index contributed by atoms with van der Waals surface area (Å²) in [6, 6.07) is 5.90. The molecule has 158 valence electrons. The van der Waals surface area contributed by atoms with Gasteiger partial charge in [-0.05, 0) is 64.7 Å². The van der Waals surface area contributed by atoms with Gasteiger partial charge in [0.2, 0.25) is 5.91 Å². The number of hydrogen-bond acceptors (Lipinski definition) is 4. The van der Waals surface area contributed by atoms with Crippen LogP contribution in [0.4, 0.5) is 0 Å². The first kappa shape index (κ1) is 23.8. The molecule has 0 unspecified atom stereocenters. The van der Waals surface area contributed by atoms with Gasteiger partial charge in [-0.15, -0.1) is 0 Å². The first-order valence-electron chi connectivity index (χ1n) is 9.26. The van der Waals surface area contributed by atoms with Gasteiger partial charge in [-0.25, -0.2) is 8.42 Å². The van der Waals surface area contributed by atoms with Crippen LogP contribution in [0.25, 0.3) is 0 Å². The molecule has 28 heavy (non-hydrogen) atoms. The van der Waals surface area contributed by atoms with Gasteiger partial charge in [0.1, 0.15) is 4.90 Å². The monoisotopic (exact) mass is 487 g/mol. The molecule has 0 fully saturated rings. The quantitative estimate of drug-likeness (QED) is 0.351. The molecule has 0 aromatic heterocycles. The fourth-order valence-electron chi connectivity index (χ4n) is 3.14. The number of benzene rings is 1. The van der Waals surface area contributed by atoms with Crippen LogP contribution >= 0.6 is 39.7 Å². The van der Waals surface area contributed by atoms with Crippen molar-refractivity contribution in [1.82, 2.24) is 4.31 Å². The van der Waals surface area contributed by atoms with E-state index < -0.39 is 29.5 Å². The molecule has 0 radical (unpaired) electrons. The fourth-order valence-corrected chi connectivity index (χ4v) is 6.21. The van der Waals surface area contributed by atoms with Crippen molar-refractivity contribution in [2.24, 2.45) is 0 Å². The minimum atomic E-state index is -4.06. The zero-order valence-electron chi connectivity index (χ0n) is 15.4. The molecule has 0 atom stereocenters. The van der Waals surface area contributed by atoms with E-state index in [4.69, 9.17) is 32.0 Å². The molecule has 1 aliphatic heterocycles. The molecule has 0 saturated heterocycles. The molecule has 1 aromatic carbocycles. The second-order valence-electron chi connectivity index (χ2n) is 6.75. The molecule has 1 heterocycles. The van der Waals surface area contributed by atoms with Crippen molar-refractivity contribution < 1.29 is 18.0 Å². The second-order valence-corrected chi connectivity index (χ2v) is 16.1. The minimum Gasteiger partial charge on any atom is -0.273 e. The van der Waals surface area contributed by atoms with Crippen molar-refractivity contribution in [3.8, 4) is 0 Å². The summed E-state index contributed by atoms with van der Waals surface area (Å²) >= 11 is 0. The SMILES string of the molecule is O=C(CCCCCCCCCCS(Cl)(Cl)Cl)N1C(=O)c2ccccc2S1(=O)=O. The molecule has 2 amide bonds. The van der Waals surface area contributed by atoms with E-state index in [0.717, 1.165) is 44.9 Å². The number of hydrogen-bond donors (Lipinski definition) is 0. The van der Waals surface area contributed by atoms with Gasteiger partial charge in [0, 0.05) is 12.2 Å². The predicted molar refractivity (Wildman–Crippen MR) is 116 cm³/mol. The first-order chi connectivity index (χ1) is 13.1. The van der Waals surface area contributed by atoms with Crippen LogP contribution in [0, 0.1) is 0 Å². The van der Waals surface area contributed by atoms with E-state index >= 15 is 0 Å². The van der Waals surface area contributed by atoms with Crippen LogP contribution in [0.15, 0.2) is 29.2 Å². The molecular formula is C18H24Cl3NO4S2. The molecule has 0 saturated carbocycles. The number of unbranched alkanes of at least 4 members (excludes halogenated alkanes) is 7. The Kier molecular flexibility index (Phi) is 8.95. The lowest BCUT2D eigenvalue weighted by molar-refractivity contribution is -0.124. The molecule has 5 nitrogen and oxygen atoms in total. The molecule has 10 heteroatoms. The average molecular weight is 489 g/mol. The van der Waals surface area contributed by atoms with E-state index in [1.165, 1.54) is 18.2 Å². The number of fused-ring (bicyclic) bond motifs is 1. The Morgan fingerprint density at radius 2 is 1.43 bits per heavy atom. The van der Waals surface area contributed by atoms with Gasteiger partial charge in [0.25, 0.3) is 15.9 Å². The third kappa shape index (κ3) is 6.52. The molecule has 0 N–H and O–H groups in total. The van der Waals surface area contributed by atoms with Crippen LogP contribution in [-0.2, 0) is 14.8 Å². The summed E-state index contributed by atoms with van der Waals surface area (Å²) in [5, 5.41) is 0. The summed E-state index contributed by atoms with van der Waals surface area (Å²) in [7, 11) is 11.3. The molecule has 0 spiro atoms. The number of imide groups is 1. The lowest BCUT2D eigenvalue weighted by Gasteiger charge is -2.14. The zero-order valence-corrected chi connectivity index (χ0v) is 19.3. The van der Waals surface area contributed by atoms with Gasteiger partial charge in [0.15, 0.2) is 0 Å². The Morgan fingerprint density at radius 3 is 2.00 bits per heavy atom. The standard InChI is InChI=1S/C18H24Cl3NO4S2/c19-27(20,21)14-10-6-4-2-1-3-5-7-13-17(23)22-18(24)15-11-8-9-12-16(15)28(22,25)26/h8-9,11-12H,1-7,10,13-14H2. The number of rotatable bonds is 11. The van der Waals surface area contributed by atoms with Crippen LogP contribution in [0.5, 0.6) is 0 Å². The first-order valence-corrected chi connectivity index (χ1v) is 15.0. The average Bonchev–Trinajstić information content (AvgIpc) is 2.82. The molecule has 2 rings (SSSR count). The van der Waals surface area contributed by atoms with Crippen molar-refractivity contribution in [2.45, 2.75) is 62.7 Å². The summed E-state index contributed by atoms with van der Waals surface area (Å²) < 4.78 is 25.3. The van der Waals surface area contributed by atoms with Crippen LogP contribution in [-0.4, -0.2) is 30.3 Å². The summed E-state index contributed by atoms with van der Waals surface area (Å²) in [6.45, 7) is 0. The van der Waals surface area contributed by atoms with Crippen molar-refractivity contribution in [3.05, 3.63) is 29.8 Å². The normalized spacial score (nSPS) is 16.2. The number of nitrogens with zero attached hydrogens (tertiary/aromatic N) is 1. The lowest BCUT2D eigenvalue weighted by Crippen LogP contribution is -2.36. The molecule has 1 aliphatic rings. The zero-order chi connectivity index (χ0) is 20.8. The van der Waals surface area contributed by atoms with E-state index in [9.17, 15) is 18.0 Å². The lowest BCUT2D eigenvalue weighted by atomic mass is 10.1. The minimum absolute atomic E-state index is 0.0466. The number of sulfonamides is 1. The van der Waals surface area contributed by atoms with Gasteiger partial charge in [-0.2, -0.15) is 4.31 Å². The maximum Gasteiger partial charge on any atom is 0.276 e. The van der Waals surface area contributed by atoms with E-state index in [-0.39, 0.29) is 16.9 Å². The van der Waals surface area contributed by atoms with E-state index in [1.54, 1.807) is 6.07 Å². The highest BCUT2D eigenvalue weighted by Gasteiger charge is 2.44. The second kappa shape index (κ2) is 10.5. The van der Waals surface area contributed by atoms with E-state index in [1.807, 2.05) is 0 Å². The number of amides is 2. The van der Waals surface area contributed by atoms with Crippen LogP contribution in [0.2, 0.25) is 0 Å². The molecule has 1 aromatic rings. The smallest absolute Gasteiger partial charge is 0.273 e. The summed E-state index contributed by atoms with van der Waals surface area (Å²) in [5.74, 6) is -0.769. The Labute approximate surface area is 181 Å². The molecular weight excluding hydrogens is 465 g/mol. The Morgan fingerprint density at radius 1 is 0.893 bits per heavy atom. The van der Waals surface area contributed by atoms with E-state index in [0.29, 0.717) is 16.5 Å². The van der Waals surface area contributed by atoms with E-state index in [2.05, 4.69) is 0 Å². The predicted octanol–water partition coefficient (Wildman–Crippen LogP) is 6.13. The van der Waals surface area contributed by atoms with Crippen molar-refractivity contribution in [2.75, 3.05) is 5.75 Å². The maximum absolute atomic E-state index is 12.4. The Bertz CT molecular complexity index is 809. The number of carbonyl (C=O) groups excluding carboxylic acids is 2. The van der Waals surface area contributed by atoms with Crippen LogP contribution < -0.4 is 0 Å². The third-order valence-corrected chi connectivity index (χ3v) is 8.47. The molecule has 0 bridgehead atoms.